The van der Waals surface area contributed by atoms with E-state index in [-0.39, 0.29) is 5.57 Å². The summed E-state index contributed by atoms with van der Waals surface area (Å²) in [5, 5.41) is 9.86. The summed E-state index contributed by atoms with van der Waals surface area (Å²) in [6.07, 6.45) is 0. The van der Waals surface area contributed by atoms with E-state index < -0.39 is 25.2 Å². The molecule has 0 saturated carbocycles. The quantitative estimate of drug-likeness (QED) is 0.161. The van der Waals surface area contributed by atoms with Crippen molar-refractivity contribution in [3.63, 3.8) is 0 Å². The van der Waals surface area contributed by atoms with Gasteiger partial charge in [-0.05, 0) is 85.3 Å². The van der Waals surface area contributed by atoms with Crippen molar-refractivity contribution in [2.24, 2.45) is 0 Å². The Morgan fingerprint density at radius 3 is 1.70 bits per heavy atom. The fraction of sp³-hybridized carbons (Fsp3) is 0.200. The summed E-state index contributed by atoms with van der Waals surface area (Å²) in [5.74, 6) is -0.213. The zero-order valence-electron chi connectivity index (χ0n) is 21.4. The van der Waals surface area contributed by atoms with E-state index in [0.29, 0.717) is 17.1 Å². The van der Waals surface area contributed by atoms with E-state index in [1.165, 1.54) is 6.92 Å². The standard InChI is InChI=1S/C30H30O7/c1-18(2)28(31)34-17-35-30(33)37-25-13-9-23(10-14-25)27-16-20(5)26(15-21(27)6)22-7-11-24(12-8-22)36-29(32)19(3)4/h7-16,30,33H,1,3,17H2,2,4-6H3. The number of benzene rings is 3. The third kappa shape index (κ3) is 7.39. The van der Waals surface area contributed by atoms with Crippen LogP contribution in [0.5, 0.6) is 11.5 Å². The first-order chi connectivity index (χ1) is 17.5. The van der Waals surface area contributed by atoms with Crippen LogP contribution in [0.1, 0.15) is 25.0 Å². The van der Waals surface area contributed by atoms with Crippen LogP contribution in [0.15, 0.2) is 85.0 Å². The van der Waals surface area contributed by atoms with Crippen molar-refractivity contribution >= 4 is 11.9 Å². The van der Waals surface area contributed by atoms with Crippen LogP contribution in [0.2, 0.25) is 0 Å². The number of ether oxygens (including phenoxy) is 4. The van der Waals surface area contributed by atoms with Gasteiger partial charge >= 0.3 is 18.4 Å². The van der Waals surface area contributed by atoms with E-state index in [4.69, 9.17) is 18.9 Å². The SMILES string of the molecule is C=C(C)C(=O)OCOC(O)Oc1ccc(-c2cc(C)c(-c3ccc(OC(=O)C(=C)C)cc3)cc2C)cc1. The van der Waals surface area contributed by atoms with Crippen LogP contribution >= 0.6 is 0 Å². The van der Waals surface area contributed by atoms with Crippen LogP contribution in [-0.2, 0) is 19.1 Å². The van der Waals surface area contributed by atoms with Crippen molar-refractivity contribution in [1.29, 1.82) is 0 Å². The Bertz CT molecular complexity index is 1310. The molecule has 37 heavy (non-hydrogen) atoms. The fourth-order valence-electron chi connectivity index (χ4n) is 3.47. The first-order valence-corrected chi connectivity index (χ1v) is 11.5. The number of rotatable bonds is 10. The molecule has 0 bridgehead atoms. The summed E-state index contributed by atoms with van der Waals surface area (Å²) in [6, 6.07) is 18.8. The largest absolute Gasteiger partial charge is 0.441 e. The number of aliphatic hydroxyl groups excluding tert-OH is 1. The minimum Gasteiger partial charge on any atom is -0.441 e. The number of hydrogen-bond acceptors (Lipinski definition) is 7. The van der Waals surface area contributed by atoms with Gasteiger partial charge in [-0.2, -0.15) is 0 Å². The van der Waals surface area contributed by atoms with Crippen LogP contribution in [0.25, 0.3) is 22.3 Å². The molecule has 0 radical (unpaired) electrons. The van der Waals surface area contributed by atoms with E-state index in [9.17, 15) is 14.7 Å². The Hall–Kier alpha value is -4.20. The van der Waals surface area contributed by atoms with E-state index in [2.05, 4.69) is 25.3 Å². The lowest BCUT2D eigenvalue weighted by Crippen LogP contribution is -2.22. The first-order valence-electron chi connectivity index (χ1n) is 11.5. The highest BCUT2D eigenvalue weighted by molar-refractivity contribution is 5.89. The molecular weight excluding hydrogens is 472 g/mol. The molecule has 0 aliphatic heterocycles. The highest BCUT2D eigenvalue weighted by atomic mass is 16.8. The molecule has 3 rings (SSSR count). The second-order valence-corrected chi connectivity index (χ2v) is 8.62. The minimum absolute atomic E-state index is 0.229. The van der Waals surface area contributed by atoms with E-state index in [0.717, 1.165) is 33.4 Å². The predicted octanol–water partition coefficient (Wildman–Crippen LogP) is 5.87. The Kier molecular flexibility index (Phi) is 9.00. The number of aryl methyl sites for hydroxylation is 2. The molecule has 0 fully saturated rings. The van der Waals surface area contributed by atoms with Crippen LogP contribution < -0.4 is 9.47 Å². The molecule has 0 amide bonds. The smallest absolute Gasteiger partial charge is 0.338 e. The highest BCUT2D eigenvalue weighted by Gasteiger charge is 2.12. The average molecular weight is 503 g/mol. The highest BCUT2D eigenvalue weighted by Crippen LogP contribution is 2.33. The van der Waals surface area contributed by atoms with Gasteiger partial charge in [0.25, 0.3) is 0 Å². The maximum atomic E-state index is 11.7. The molecule has 3 aromatic rings. The lowest BCUT2D eigenvalue weighted by molar-refractivity contribution is -0.250. The maximum Gasteiger partial charge on any atom is 0.338 e. The van der Waals surface area contributed by atoms with E-state index in [1.54, 1.807) is 31.2 Å². The summed E-state index contributed by atoms with van der Waals surface area (Å²) >= 11 is 0. The summed E-state index contributed by atoms with van der Waals surface area (Å²) in [5.41, 5.74) is 6.86. The molecule has 1 unspecified atom stereocenters. The first kappa shape index (κ1) is 27.4. The van der Waals surface area contributed by atoms with Gasteiger partial charge in [-0.15, -0.1) is 0 Å². The van der Waals surface area contributed by atoms with Crippen LogP contribution in [0.4, 0.5) is 0 Å². The molecule has 192 valence electrons. The monoisotopic (exact) mass is 502 g/mol. The van der Waals surface area contributed by atoms with Gasteiger partial charge in [-0.25, -0.2) is 9.59 Å². The van der Waals surface area contributed by atoms with Crippen molar-refractivity contribution in [3.05, 3.63) is 96.1 Å². The Morgan fingerprint density at radius 1 is 0.784 bits per heavy atom. The van der Waals surface area contributed by atoms with Gasteiger partial charge in [0.05, 0.1) is 0 Å². The normalized spacial score (nSPS) is 11.4. The summed E-state index contributed by atoms with van der Waals surface area (Å²) in [7, 11) is 0. The van der Waals surface area contributed by atoms with Crippen molar-refractivity contribution in [3.8, 4) is 33.8 Å². The van der Waals surface area contributed by atoms with Gasteiger partial charge < -0.3 is 19.3 Å². The topological polar surface area (TPSA) is 91.3 Å². The summed E-state index contributed by atoms with van der Waals surface area (Å²) in [6.45, 7) is 12.2. The number of carbonyl (C=O) groups excluding carboxylic acids is 2. The number of aliphatic hydroxyl groups is 1. The number of hydrogen-bond donors (Lipinski definition) is 1. The third-order valence-corrected chi connectivity index (χ3v) is 5.45. The second kappa shape index (κ2) is 12.2. The Labute approximate surface area is 216 Å². The maximum absolute atomic E-state index is 11.7. The Morgan fingerprint density at radius 2 is 1.24 bits per heavy atom. The molecule has 7 nitrogen and oxygen atoms in total. The van der Waals surface area contributed by atoms with Gasteiger partial charge in [0.15, 0.2) is 6.79 Å². The van der Waals surface area contributed by atoms with Crippen LogP contribution in [0, 0.1) is 13.8 Å². The average Bonchev–Trinajstić information content (AvgIpc) is 2.86. The van der Waals surface area contributed by atoms with Crippen LogP contribution in [0.3, 0.4) is 0 Å². The van der Waals surface area contributed by atoms with E-state index >= 15 is 0 Å². The van der Waals surface area contributed by atoms with Gasteiger partial charge in [0.2, 0.25) is 0 Å². The zero-order chi connectivity index (χ0) is 27.1. The second-order valence-electron chi connectivity index (χ2n) is 8.62. The number of esters is 2. The van der Waals surface area contributed by atoms with Crippen molar-refractivity contribution in [2.45, 2.75) is 34.2 Å². The minimum atomic E-state index is -1.59. The molecule has 1 N–H and O–H groups in total. The van der Waals surface area contributed by atoms with Crippen molar-refractivity contribution < 1.29 is 33.6 Å². The van der Waals surface area contributed by atoms with Crippen molar-refractivity contribution in [2.75, 3.05) is 6.79 Å². The summed E-state index contributed by atoms with van der Waals surface area (Å²) < 4.78 is 20.3. The molecule has 7 heteroatoms. The van der Waals surface area contributed by atoms with Gasteiger partial charge in [-0.1, -0.05) is 49.6 Å². The molecule has 1 atom stereocenters. The van der Waals surface area contributed by atoms with Gasteiger partial charge in [-0.3, -0.25) is 4.74 Å². The van der Waals surface area contributed by atoms with Gasteiger partial charge in [0.1, 0.15) is 11.5 Å². The molecule has 0 aliphatic carbocycles. The molecular formula is C30H30O7. The number of carbonyl (C=O) groups is 2. The van der Waals surface area contributed by atoms with Crippen LogP contribution in [-0.4, -0.2) is 30.3 Å². The van der Waals surface area contributed by atoms with E-state index in [1.807, 2.05) is 38.1 Å². The third-order valence-electron chi connectivity index (χ3n) is 5.45. The van der Waals surface area contributed by atoms with Gasteiger partial charge in [0, 0.05) is 11.1 Å². The molecule has 0 aliphatic rings. The summed E-state index contributed by atoms with van der Waals surface area (Å²) in [4.78, 5) is 23.1. The Balaban J connectivity index is 1.68. The predicted molar refractivity (Wildman–Crippen MR) is 141 cm³/mol. The fourth-order valence-corrected chi connectivity index (χ4v) is 3.47. The zero-order valence-corrected chi connectivity index (χ0v) is 21.4. The van der Waals surface area contributed by atoms with Crippen molar-refractivity contribution in [1.82, 2.24) is 0 Å². The molecule has 0 spiro atoms. The molecule has 3 aromatic carbocycles. The lowest BCUT2D eigenvalue weighted by Gasteiger charge is -2.16. The molecule has 0 saturated heterocycles. The lowest BCUT2D eigenvalue weighted by atomic mass is 9.92. The molecule has 0 aromatic heterocycles. The molecule has 0 heterocycles.